The number of nitrogens with zero attached hydrogens (tertiary/aromatic N) is 3. The largest absolute Gasteiger partial charge is 0.508 e. The van der Waals surface area contributed by atoms with E-state index >= 15 is 0 Å². The summed E-state index contributed by atoms with van der Waals surface area (Å²) in [6.45, 7) is 3.13. The van der Waals surface area contributed by atoms with Crippen LogP contribution in [0.3, 0.4) is 0 Å². The van der Waals surface area contributed by atoms with Gasteiger partial charge in [-0.15, -0.1) is 0 Å². The standard InChI is InChI=1S/C26H26N4O7S/c1-26(2,32)17-12-13-21(27-15-17)38(33,34)30-24-22(37-20-11-6-5-10-19(20)35-3)25(36-4)29-23(28-24)16-8-7-9-18(31)14-16/h5-15,31-32H,1-4H3,(H,28,29,30). The van der Waals surface area contributed by atoms with E-state index in [1.165, 1.54) is 44.7 Å². The van der Waals surface area contributed by atoms with Gasteiger partial charge in [0.1, 0.15) is 5.75 Å². The minimum absolute atomic E-state index is 0.0300. The second-order valence-corrected chi connectivity index (χ2v) is 10.2. The zero-order chi connectivity index (χ0) is 27.5. The Hall–Kier alpha value is -4.42. The van der Waals surface area contributed by atoms with E-state index in [0.717, 1.165) is 0 Å². The van der Waals surface area contributed by atoms with Gasteiger partial charge in [-0.1, -0.05) is 30.3 Å². The molecule has 3 N–H and O–H groups in total. The third-order valence-corrected chi connectivity index (χ3v) is 6.62. The molecule has 38 heavy (non-hydrogen) atoms. The molecular formula is C26H26N4O7S. The van der Waals surface area contributed by atoms with Crippen molar-refractivity contribution >= 4 is 15.8 Å². The van der Waals surface area contributed by atoms with Crippen LogP contribution in [-0.2, 0) is 15.6 Å². The Kier molecular flexibility index (Phi) is 7.37. The first-order valence-corrected chi connectivity index (χ1v) is 12.8. The molecule has 0 aliphatic rings. The number of hydrogen-bond acceptors (Lipinski definition) is 10. The van der Waals surface area contributed by atoms with Crippen LogP contribution in [0.1, 0.15) is 19.4 Å². The Bertz CT molecular complexity index is 1550. The number of aromatic hydroxyl groups is 1. The first-order chi connectivity index (χ1) is 18.0. The lowest BCUT2D eigenvalue weighted by molar-refractivity contribution is 0.0781. The molecule has 2 heterocycles. The van der Waals surface area contributed by atoms with E-state index in [1.54, 1.807) is 50.2 Å². The lowest BCUT2D eigenvalue weighted by Crippen LogP contribution is -2.19. The van der Waals surface area contributed by atoms with Gasteiger partial charge in [0.15, 0.2) is 28.2 Å². The molecule has 0 amide bonds. The third kappa shape index (κ3) is 5.76. The van der Waals surface area contributed by atoms with Crippen LogP contribution in [0.15, 0.2) is 71.9 Å². The van der Waals surface area contributed by atoms with Crippen LogP contribution < -0.4 is 18.9 Å². The van der Waals surface area contributed by atoms with Gasteiger partial charge in [-0.05, 0) is 44.2 Å². The summed E-state index contributed by atoms with van der Waals surface area (Å²) in [6.07, 6.45) is 1.28. The van der Waals surface area contributed by atoms with Crippen LogP contribution in [0, 0.1) is 0 Å². The molecule has 0 unspecified atom stereocenters. The van der Waals surface area contributed by atoms with Crippen molar-refractivity contribution in [3.8, 4) is 40.3 Å². The molecule has 2 aromatic carbocycles. The average Bonchev–Trinajstić information content (AvgIpc) is 2.89. The number of rotatable bonds is 9. The molecule has 11 nitrogen and oxygen atoms in total. The number of aromatic nitrogens is 3. The molecule has 198 valence electrons. The number of aliphatic hydroxyl groups is 1. The predicted molar refractivity (Wildman–Crippen MR) is 139 cm³/mol. The fourth-order valence-electron chi connectivity index (χ4n) is 3.40. The molecule has 0 radical (unpaired) electrons. The van der Waals surface area contributed by atoms with Crippen LogP contribution in [0.5, 0.6) is 28.9 Å². The molecule has 0 aliphatic carbocycles. The van der Waals surface area contributed by atoms with Crippen LogP contribution in [0.2, 0.25) is 0 Å². The van der Waals surface area contributed by atoms with Gasteiger partial charge < -0.3 is 24.4 Å². The van der Waals surface area contributed by atoms with E-state index in [2.05, 4.69) is 19.7 Å². The topological polar surface area (TPSA) is 153 Å². The molecule has 0 spiro atoms. The van der Waals surface area contributed by atoms with Crippen molar-refractivity contribution in [3.05, 3.63) is 72.4 Å². The number of hydrogen-bond donors (Lipinski definition) is 3. The lowest BCUT2D eigenvalue weighted by atomic mass is 10.0. The number of phenols is 1. The van der Waals surface area contributed by atoms with Crippen LogP contribution in [-0.4, -0.2) is 47.8 Å². The molecule has 0 saturated carbocycles. The molecule has 0 saturated heterocycles. The summed E-state index contributed by atoms with van der Waals surface area (Å²) in [5.74, 6) is 0.226. The van der Waals surface area contributed by atoms with Gasteiger partial charge in [0.05, 0.1) is 19.8 Å². The van der Waals surface area contributed by atoms with Gasteiger partial charge in [0.2, 0.25) is 5.75 Å². The number of pyridine rings is 1. The highest BCUT2D eigenvalue weighted by Gasteiger charge is 2.26. The number of sulfonamides is 1. The number of ether oxygens (including phenoxy) is 3. The van der Waals surface area contributed by atoms with Crippen LogP contribution >= 0.6 is 0 Å². The van der Waals surface area contributed by atoms with Crippen molar-refractivity contribution in [2.45, 2.75) is 24.5 Å². The van der Waals surface area contributed by atoms with E-state index in [1.807, 2.05) is 0 Å². The summed E-state index contributed by atoms with van der Waals surface area (Å²) >= 11 is 0. The second kappa shape index (κ2) is 10.5. The smallest absolute Gasteiger partial charge is 0.280 e. The van der Waals surface area contributed by atoms with Crippen molar-refractivity contribution in [1.82, 2.24) is 15.0 Å². The fraction of sp³-hybridized carbons (Fsp3) is 0.192. The second-order valence-electron chi connectivity index (χ2n) is 8.59. The highest BCUT2D eigenvalue weighted by Crippen LogP contribution is 2.41. The maximum Gasteiger partial charge on any atom is 0.280 e. The number of phenolic OH excluding ortho intramolecular Hbond substituents is 1. The normalized spacial score (nSPS) is 11.6. The van der Waals surface area contributed by atoms with E-state index in [4.69, 9.17) is 14.2 Å². The van der Waals surface area contributed by atoms with Crippen molar-refractivity contribution in [1.29, 1.82) is 0 Å². The molecule has 0 atom stereocenters. The Labute approximate surface area is 219 Å². The van der Waals surface area contributed by atoms with Gasteiger partial charge in [-0.3, -0.25) is 4.72 Å². The molecule has 4 aromatic rings. The van der Waals surface area contributed by atoms with Crippen molar-refractivity contribution in [2.75, 3.05) is 18.9 Å². The first kappa shape index (κ1) is 26.6. The van der Waals surface area contributed by atoms with E-state index in [9.17, 15) is 18.6 Å². The Balaban J connectivity index is 1.84. The van der Waals surface area contributed by atoms with Crippen molar-refractivity contribution in [2.24, 2.45) is 0 Å². The number of methoxy groups -OCH3 is 2. The van der Waals surface area contributed by atoms with Crippen molar-refractivity contribution < 1.29 is 32.8 Å². The maximum absolute atomic E-state index is 13.3. The molecule has 0 fully saturated rings. The van der Waals surface area contributed by atoms with Gasteiger partial charge >= 0.3 is 0 Å². The fourth-order valence-corrected chi connectivity index (χ4v) is 4.33. The van der Waals surface area contributed by atoms with Crippen molar-refractivity contribution in [3.63, 3.8) is 0 Å². The number of benzene rings is 2. The summed E-state index contributed by atoms with van der Waals surface area (Å²) in [5, 5.41) is 19.8. The zero-order valence-electron chi connectivity index (χ0n) is 21.0. The SMILES string of the molecule is COc1ccccc1Oc1c(NS(=O)(=O)c2ccc(C(C)(C)O)cn2)nc(-c2cccc(O)c2)nc1OC. The zero-order valence-corrected chi connectivity index (χ0v) is 21.9. The minimum Gasteiger partial charge on any atom is -0.508 e. The summed E-state index contributed by atoms with van der Waals surface area (Å²) in [4.78, 5) is 12.8. The Morgan fingerprint density at radius 2 is 1.66 bits per heavy atom. The summed E-state index contributed by atoms with van der Waals surface area (Å²) in [7, 11) is -1.48. The Morgan fingerprint density at radius 3 is 2.26 bits per heavy atom. The van der Waals surface area contributed by atoms with Gasteiger partial charge in [0.25, 0.3) is 15.9 Å². The van der Waals surface area contributed by atoms with Gasteiger partial charge in [-0.25, -0.2) is 9.97 Å². The van der Waals surface area contributed by atoms with E-state index < -0.39 is 15.6 Å². The number of nitrogens with one attached hydrogen (secondary N) is 1. The predicted octanol–water partition coefficient (Wildman–Crippen LogP) is 4.08. The monoisotopic (exact) mass is 538 g/mol. The summed E-state index contributed by atoms with van der Waals surface area (Å²) < 4.78 is 45.9. The lowest BCUT2D eigenvalue weighted by Gasteiger charge is -2.18. The molecule has 2 aromatic heterocycles. The number of anilines is 1. The molecular weight excluding hydrogens is 512 g/mol. The molecule has 0 aliphatic heterocycles. The highest BCUT2D eigenvalue weighted by atomic mass is 32.2. The quantitative estimate of drug-likeness (QED) is 0.284. The average molecular weight is 539 g/mol. The Morgan fingerprint density at radius 1 is 0.921 bits per heavy atom. The highest BCUT2D eigenvalue weighted by molar-refractivity contribution is 7.92. The van der Waals surface area contributed by atoms with E-state index in [0.29, 0.717) is 16.9 Å². The van der Waals surface area contributed by atoms with Crippen LogP contribution in [0.25, 0.3) is 11.4 Å². The molecule has 0 bridgehead atoms. The molecule has 12 heteroatoms. The maximum atomic E-state index is 13.3. The third-order valence-electron chi connectivity index (χ3n) is 5.36. The van der Waals surface area contributed by atoms with E-state index in [-0.39, 0.29) is 39.8 Å². The first-order valence-electron chi connectivity index (χ1n) is 11.3. The van der Waals surface area contributed by atoms with Gasteiger partial charge in [-0.2, -0.15) is 13.4 Å². The van der Waals surface area contributed by atoms with Gasteiger partial charge in [0, 0.05) is 17.3 Å². The van der Waals surface area contributed by atoms with Crippen LogP contribution in [0.4, 0.5) is 5.82 Å². The summed E-state index contributed by atoms with van der Waals surface area (Å²) in [5.41, 5.74) is -0.360. The summed E-state index contributed by atoms with van der Waals surface area (Å²) in [6, 6.07) is 15.6. The number of para-hydroxylation sites is 2. The minimum atomic E-state index is -4.29. The molecule has 4 rings (SSSR count).